The number of aromatic nitrogens is 2. The zero-order chi connectivity index (χ0) is 14.0. The van der Waals surface area contributed by atoms with Crippen LogP contribution in [0.25, 0.3) is 0 Å². The SMILES string of the molecule is CSc1ccccc1Oc1c(C(N)=S)c(C)nn1C. The molecular weight excluding hydrogens is 278 g/mol. The van der Waals surface area contributed by atoms with Crippen molar-refractivity contribution in [2.24, 2.45) is 12.8 Å². The molecule has 0 atom stereocenters. The predicted molar refractivity (Wildman–Crippen MR) is 82.1 cm³/mol. The molecule has 0 saturated heterocycles. The highest BCUT2D eigenvalue weighted by molar-refractivity contribution is 7.98. The summed E-state index contributed by atoms with van der Waals surface area (Å²) in [5.74, 6) is 1.35. The minimum Gasteiger partial charge on any atom is -0.437 e. The molecule has 0 aliphatic heterocycles. The summed E-state index contributed by atoms with van der Waals surface area (Å²) in [5, 5.41) is 4.30. The van der Waals surface area contributed by atoms with E-state index < -0.39 is 0 Å². The molecule has 100 valence electrons. The third kappa shape index (κ3) is 2.74. The Hall–Kier alpha value is -1.53. The van der Waals surface area contributed by atoms with Crippen LogP contribution < -0.4 is 10.5 Å². The molecule has 1 aromatic carbocycles. The minimum atomic E-state index is 0.294. The molecule has 0 unspecified atom stereocenters. The Morgan fingerprint density at radius 1 is 1.42 bits per heavy atom. The molecule has 0 aliphatic carbocycles. The molecule has 6 heteroatoms. The van der Waals surface area contributed by atoms with Gasteiger partial charge in [-0.2, -0.15) is 5.10 Å². The van der Waals surface area contributed by atoms with Gasteiger partial charge in [0.05, 0.1) is 11.3 Å². The van der Waals surface area contributed by atoms with Crippen molar-refractivity contribution in [3.8, 4) is 11.6 Å². The summed E-state index contributed by atoms with van der Waals surface area (Å²) >= 11 is 6.69. The highest BCUT2D eigenvalue weighted by Gasteiger charge is 2.18. The van der Waals surface area contributed by atoms with Crippen LogP contribution >= 0.6 is 24.0 Å². The van der Waals surface area contributed by atoms with Crippen molar-refractivity contribution in [2.75, 3.05) is 6.26 Å². The average molecular weight is 293 g/mol. The second-order valence-corrected chi connectivity index (χ2v) is 5.29. The Morgan fingerprint density at radius 2 is 2.11 bits per heavy atom. The summed E-state index contributed by atoms with van der Waals surface area (Å²) in [6, 6.07) is 7.82. The molecule has 0 aliphatic rings. The van der Waals surface area contributed by atoms with Crippen LogP contribution in [-0.2, 0) is 7.05 Å². The van der Waals surface area contributed by atoms with Crippen LogP contribution in [0.1, 0.15) is 11.3 Å². The smallest absolute Gasteiger partial charge is 0.228 e. The number of thiocarbonyl (C=S) groups is 1. The average Bonchev–Trinajstić information content (AvgIpc) is 2.65. The summed E-state index contributed by atoms with van der Waals surface area (Å²) < 4.78 is 7.61. The Morgan fingerprint density at radius 3 is 2.74 bits per heavy atom. The third-order valence-corrected chi connectivity index (χ3v) is 3.67. The van der Waals surface area contributed by atoms with E-state index in [0.29, 0.717) is 16.4 Å². The third-order valence-electron chi connectivity index (χ3n) is 2.69. The summed E-state index contributed by atoms with van der Waals surface area (Å²) in [6.07, 6.45) is 2.01. The largest absolute Gasteiger partial charge is 0.437 e. The Balaban J connectivity index is 2.46. The number of rotatable bonds is 4. The molecule has 0 saturated carbocycles. The molecule has 1 heterocycles. The van der Waals surface area contributed by atoms with Gasteiger partial charge in [-0.05, 0) is 25.3 Å². The Labute approximate surface area is 121 Å². The van der Waals surface area contributed by atoms with Gasteiger partial charge in [-0.25, -0.2) is 4.68 Å². The van der Waals surface area contributed by atoms with Crippen molar-refractivity contribution in [1.29, 1.82) is 0 Å². The summed E-state index contributed by atoms with van der Waals surface area (Å²) in [4.78, 5) is 1.34. The van der Waals surface area contributed by atoms with Crippen LogP contribution in [0.5, 0.6) is 11.6 Å². The van der Waals surface area contributed by atoms with Crippen molar-refractivity contribution < 1.29 is 4.74 Å². The first kappa shape index (κ1) is 13.9. The quantitative estimate of drug-likeness (QED) is 0.694. The van der Waals surface area contributed by atoms with Crippen LogP contribution in [0.3, 0.4) is 0 Å². The lowest BCUT2D eigenvalue weighted by molar-refractivity contribution is 0.421. The maximum Gasteiger partial charge on any atom is 0.228 e. The molecule has 19 heavy (non-hydrogen) atoms. The van der Waals surface area contributed by atoms with Gasteiger partial charge in [0.15, 0.2) is 0 Å². The molecule has 0 amide bonds. The lowest BCUT2D eigenvalue weighted by atomic mass is 10.2. The summed E-state index contributed by atoms with van der Waals surface area (Å²) in [6.45, 7) is 1.86. The van der Waals surface area contributed by atoms with E-state index in [0.717, 1.165) is 16.3 Å². The van der Waals surface area contributed by atoms with Crippen LogP contribution in [0.4, 0.5) is 0 Å². The number of hydrogen-bond acceptors (Lipinski definition) is 4. The van der Waals surface area contributed by atoms with Gasteiger partial charge in [-0.3, -0.25) is 0 Å². The lowest BCUT2D eigenvalue weighted by Crippen LogP contribution is -2.11. The number of para-hydroxylation sites is 1. The molecule has 4 nitrogen and oxygen atoms in total. The Kier molecular flexibility index (Phi) is 4.11. The van der Waals surface area contributed by atoms with Crippen molar-refractivity contribution in [3.63, 3.8) is 0 Å². The van der Waals surface area contributed by atoms with E-state index in [1.165, 1.54) is 0 Å². The van der Waals surface area contributed by atoms with Crippen molar-refractivity contribution in [2.45, 2.75) is 11.8 Å². The summed E-state index contributed by atoms with van der Waals surface area (Å²) in [7, 11) is 1.81. The van der Waals surface area contributed by atoms with Crippen molar-refractivity contribution >= 4 is 29.0 Å². The molecule has 0 radical (unpaired) electrons. The van der Waals surface area contributed by atoms with Gasteiger partial charge in [0.25, 0.3) is 0 Å². The van der Waals surface area contributed by atoms with E-state index >= 15 is 0 Å². The maximum atomic E-state index is 5.96. The van der Waals surface area contributed by atoms with E-state index in [-0.39, 0.29) is 0 Å². The first-order valence-corrected chi connectivity index (χ1v) is 7.32. The topological polar surface area (TPSA) is 53.1 Å². The molecule has 0 fully saturated rings. The van der Waals surface area contributed by atoms with Crippen LogP contribution in [0.2, 0.25) is 0 Å². The van der Waals surface area contributed by atoms with E-state index in [1.54, 1.807) is 16.4 Å². The number of aryl methyl sites for hydroxylation is 2. The van der Waals surface area contributed by atoms with E-state index in [9.17, 15) is 0 Å². The number of nitrogens with zero attached hydrogens (tertiary/aromatic N) is 2. The lowest BCUT2D eigenvalue weighted by Gasteiger charge is -2.11. The van der Waals surface area contributed by atoms with E-state index in [1.807, 2.05) is 44.5 Å². The fourth-order valence-electron chi connectivity index (χ4n) is 1.85. The molecule has 0 spiro atoms. The first-order valence-electron chi connectivity index (χ1n) is 5.69. The highest BCUT2D eigenvalue weighted by Crippen LogP contribution is 2.33. The molecule has 2 rings (SSSR count). The van der Waals surface area contributed by atoms with Gasteiger partial charge in [0, 0.05) is 11.9 Å². The van der Waals surface area contributed by atoms with Gasteiger partial charge < -0.3 is 10.5 Å². The Bertz CT molecular complexity index is 622. The van der Waals surface area contributed by atoms with Crippen LogP contribution in [0.15, 0.2) is 29.2 Å². The molecule has 2 N–H and O–H groups in total. The van der Waals surface area contributed by atoms with Gasteiger partial charge in [-0.15, -0.1) is 11.8 Å². The summed E-state index contributed by atoms with van der Waals surface area (Å²) in [5.41, 5.74) is 7.20. The van der Waals surface area contributed by atoms with Crippen molar-refractivity contribution in [3.05, 3.63) is 35.5 Å². The first-order chi connectivity index (χ1) is 9.04. The maximum absolute atomic E-state index is 5.96. The fourth-order valence-corrected chi connectivity index (χ4v) is 2.61. The number of nitrogens with two attached hydrogens (primary N) is 1. The predicted octanol–water partition coefficient (Wildman–Crippen LogP) is 2.88. The zero-order valence-corrected chi connectivity index (χ0v) is 12.6. The zero-order valence-electron chi connectivity index (χ0n) is 11.0. The highest BCUT2D eigenvalue weighted by atomic mass is 32.2. The van der Waals surface area contributed by atoms with E-state index in [4.69, 9.17) is 22.7 Å². The minimum absolute atomic E-state index is 0.294. The second-order valence-electron chi connectivity index (χ2n) is 4.01. The van der Waals surface area contributed by atoms with Gasteiger partial charge >= 0.3 is 0 Å². The standard InChI is InChI=1S/C13H15N3OS2/c1-8-11(12(14)18)13(16(2)15-8)17-9-6-4-5-7-10(9)19-3/h4-7H,1-3H3,(H2,14,18). The van der Waals surface area contributed by atoms with E-state index in [2.05, 4.69) is 5.10 Å². The fraction of sp³-hybridized carbons (Fsp3) is 0.231. The molecular formula is C13H15N3OS2. The van der Waals surface area contributed by atoms with Gasteiger partial charge in [0.1, 0.15) is 10.7 Å². The number of thioether (sulfide) groups is 1. The van der Waals surface area contributed by atoms with Gasteiger partial charge in [0.2, 0.25) is 5.88 Å². The van der Waals surface area contributed by atoms with Gasteiger partial charge in [-0.1, -0.05) is 24.4 Å². The molecule has 2 aromatic rings. The normalized spacial score (nSPS) is 10.5. The number of hydrogen-bond donors (Lipinski definition) is 1. The molecule has 1 aromatic heterocycles. The number of ether oxygens (including phenoxy) is 1. The number of benzene rings is 1. The van der Waals surface area contributed by atoms with Crippen molar-refractivity contribution in [1.82, 2.24) is 9.78 Å². The van der Waals surface area contributed by atoms with Crippen LogP contribution in [-0.4, -0.2) is 21.0 Å². The molecule has 0 bridgehead atoms. The second kappa shape index (κ2) is 5.63. The van der Waals surface area contributed by atoms with Crippen LogP contribution in [0, 0.1) is 6.92 Å². The monoisotopic (exact) mass is 293 g/mol.